The van der Waals surface area contributed by atoms with Crippen molar-refractivity contribution in [3.63, 3.8) is 0 Å². The standard InChI is InChI=1S/C15H21NO4/c1-11(2)20-10-12-5-7-13(8-6-12)15(18)16(3)9-14(17)19-4/h5-8,11H,9-10H2,1-4H3. The molecular formula is C15H21NO4. The monoisotopic (exact) mass is 279 g/mol. The Kier molecular flexibility index (Phi) is 6.18. The van der Waals surface area contributed by atoms with Crippen LogP contribution < -0.4 is 0 Å². The molecule has 0 unspecified atom stereocenters. The van der Waals surface area contributed by atoms with Gasteiger partial charge in [0.05, 0.1) is 19.8 Å². The number of ether oxygens (including phenoxy) is 2. The van der Waals surface area contributed by atoms with Gasteiger partial charge in [0.1, 0.15) is 6.54 Å². The van der Waals surface area contributed by atoms with Gasteiger partial charge in [0.2, 0.25) is 0 Å². The van der Waals surface area contributed by atoms with Crippen molar-refractivity contribution in [2.45, 2.75) is 26.6 Å². The molecule has 5 heteroatoms. The van der Waals surface area contributed by atoms with Crippen LogP contribution in [0.2, 0.25) is 0 Å². The Hall–Kier alpha value is -1.88. The zero-order chi connectivity index (χ0) is 15.1. The molecule has 0 saturated heterocycles. The van der Waals surface area contributed by atoms with Gasteiger partial charge in [-0.2, -0.15) is 0 Å². The molecule has 0 fully saturated rings. The van der Waals surface area contributed by atoms with E-state index in [0.29, 0.717) is 12.2 Å². The van der Waals surface area contributed by atoms with Gasteiger partial charge >= 0.3 is 5.97 Å². The van der Waals surface area contributed by atoms with E-state index in [0.717, 1.165) is 5.56 Å². The minimum Gasteiger partial charge on any atom is -0.468 e. The van der Waals surface area contributed by atoms with E-state index in [1.807, 2.05) is 26.0 Å². The summed E-state index contributed by atoms with van der Waals surface area (Å²) in [6.45, 7) is 4.40. The Balaban J connectivity index is 2.63. The molecule has 1 aromatic carbocycles. The second-order valence-electron chi connectivity index (χ2n) is 4.79. The van der Waals surface area contributed by atoms with Crippen molar-refractivity contribution in [2.75, 3.05) is 20.7 Å². The molecule has 0 saturated carbocycles. The van der Waals surface area contributed by atoms with E-state index in [1.54, 1.807) is 19.2 Å². The quantitative estimate of drug-likeness (QED) is 0.746. The van der Waals surface area contributed by atoms with Crippen molar-refractivity contribution < 1.29 is 19.1 Å². The van der Waals surface area contributed by atoms with E-state index >= 15 is 0 Å². The largest absolute Gasteiger partial charge is 0.468 e. The lowest BCUT2D eigenvalue weighted by Crippen LogP contribution is -2.32. The van der Waals surface area contributed by atoms with Gasteiger partial charge in [-0.05, 0) is 31.5 Å². The summed E-state index contributed by atoms with van der Waals surface area (Å²) in [5.41, 5.74) is 1.54. The smallest absolute Gasteiger partial charge is 0.325 e. The minimum atomic E-state index is -0.442. The molecule has 0 heterocycles. The molecule has 0 bridgehead atoms. The summed E-state index contributed by atoms with van der Waals surface area (Å²) in [5, 5.41) is 0. The van der Waals surface area contributed by atoms with Crippen LogP contribution >= 0.6 is 0 Å². The second-order valence-corrected chi connectivity index (χ2v) is 4.79. The molecule has 1 amide bonds. The first-order valence-corrected chi connectivity index (χ1v) is 6.47. The number of amides is 1. The molecule has 5 nitrogen and oxygen atoms in total. The average Bonchev–Trinajstić information content (AvgIpc) is 2.44. The number of carbonyl (C=O) groups excluding carboxylic acids is 2. The van der Waals surface area contributed by atoms with Gasteiger partial charge in [-0.15, -0.1) is 0 Å². The van der Waals surface area contributed by atoms with Crippen LogP contribution in [-0.4, -0.2) is 43.6 Å². The van der Waals surface area contributed by atoms with Crippen molar-refractivity contribution in [3.05, 3.63) is 35.4 Å². The number of hydrogen-bond acceptors (Lipinski definition) is 4. The first-order valence-electron chi connectivity index (χ1n) is 6.47. The second kappa shape index (κ2) is 7.65. The molecule has 0 aliphatic heterocycles. The molecule has 0 aliphatic carbocycles. The lowest BCUT2D eigenvalue weighted by atomic mass is 10.1. The molecular weight excluding hydrogens is 258 g/mol. The molecule has 0 N–H and O–H groups in total. The van der Waals surface area contributed by atoms with Crippen LogP contribution in [0, 0.1) is 0 Å². The van der Waals surface area contributed by atoms with E-state index in [2.05, 4.69) is 4.74 Å². The first kappa shape index (κ1) is 16.2. The fraction of sp³-hybridized carbons (Fsp3) is 0.467. The maximum absolute atomic E-state index is 12.1. The molecule has 0 aliphatic rings. The summed E-state index contributed by atoms with van der Waals surface area (Å²) < 4.78 is 10.0. The summed E-state index contributed by atoms with van der Waals surface area (Å²) in [6.07, 6.45) is 0.169. The van der Waals surface area contributed by atoms with Crippen molar-refractivity contribution >= 4 is 11.9 Å². The van der Waals surface area contributed by atoms with Crippen LogP contribution in [0.15, 0.2) is 24.3 Å². The van der Waals surface area contributed by atoms with Crippen molar-refractivity contribution in [3.8, 4) is 0 Å². The Morgan fingerprint density at radius 3 is 2.30 bits per heavy atom. The Bertz CT molecular complexity index is 453. The lowest BCUT2D eigenvalue weighted by Gasteiger charge is -2.16. The van der Waals surface area contributed by atoms with Crippen LogP contribution in [-0.2, 0) is 20.9 Å². The van der Waals surface area contributed by atoms with Gasteiger partial charge in [0, 0.05) is 12.6 Å². The lowest BCUT2D eigenvalue weighted by molar-refractivity contribution is -0.141. The van der Waals surface area contributed by atoms with Gasteiger partial charge in [-0.3, -0.25) is 9.59 Å². The zero-order valence-corrected chi connectivity index (χ0v) is 12.4. The van der Waals surface area contributed by atoms with Crippen LogP contribution in [0.4, 0.5) is 0 Å². The fourth-order valence-electron chi connectivity index (χ4n) is 1.56. The summed E-state index contributed by atoms with van der Waals surface area (Å²) in [4.78, 5) is 24.5. The summed E-state index contributed by atoms with van der Waals surface area (Å²) in [7, 11) is 2.86. The topological polar surface area (TPSA) is 55.8 Å². The normalized spacial score (nSPS) is 10.4. The Morgan fingerprint density at radius 1 is 1.20 bits per heavy atom. The molecule has 110 valence electrons. The number of rotatable bonds is 6. The van der Waals surface area contributed by atoms with E-state index < -0.39 is 5.97 Å². The maximum Gasteiger partial charge on any atom is 0.325 e. The Morgan fingerprint density at radius 2 is 1.80 bits per heavy atom. The van der Waals surface area contributed by atoms with E-state index in [4.69, 9.17) is 4.74 Å². The zero-order valence-electron chi connectivity index (χ0n) is 12.4. The van der Waals surface area contributed by atoms with E-state index in [-0.39, 0.29) is 18.6 Å². The predicted molar refractivity (Wildman–Crippen MR) is 75.3 cm³/mol. The van der Waals surface area contributed by atoms with Crippen LogP contribution in [0.1, 0.15) is 29.8 Å². The molecule has 0 atom stereocenters. The SMILES string of the molecule is COC(=O)CN(C)C(=O)c1ccc(COC(C)C)cc1. The van der Waals surface area contributed by atoms with Crippen LogP contribution in [0.25, 0.3) is 0 Å². The molecule has 0 radical (unpaired) electrons. The number of hydrogen-bond donors (Lipinski definition) is 0. The van der Waals surface area contributed by atoms with Gasteiger partial charge in [0.15, 0.2) is 0 Å². The highest BCUT2D eigenvalue weighted by Crippen LogP contribution is 2.09. The van der Waals surface area contributed by atoms with Crippen LogP contribution in [0.5, 0.6) is 0 Å². The molecule has 0 spiro atoms. The molecule has 1 rings (SSSR count). The third kappa shape index (κ3) is 5.01. The highest BCUT2D eigenvalue weighted by atomic mass is 16.5. The Labute approximate surface area is 119 Å². The molecule has 20 heavy (non-hydrogen) atoms. The van der Waals surface area contributed by atoms with Crippen molar-refractivity contribution in [2.24, 2.45) is 0 Å². The summed E-state index contributed by atoms with van der Waals surface area (Å²) in [6, 6.07) is 7.16. The summed E-state index contributed by atoms with van der Waals surface area (Å²) in [5.74, 6) is -0.658. The van der Waals surface area contributed by atoms with Crippen molar-refractivity contribution in [1.82, 2.24) is 4.90 Å². The predicted octanol–water partition coefficient (Wildman–Crippen LogP) is 1.86. The highest BCUT2D eigenvalue weighted by Gasteiger charge is 2.14. The number of esters is 1. The van der Waals surface area contributed by atoms with Crippen LogP contribution in [0.3, 0.4) is 0 Å². The van der Waals surface area contributed by atoms with E-state index in [9.17, 15) is 9.59 Å². The van der Waals surface area contributed by atoms with Gasteiger partial charge in [0.25, 0.3) is 5.91 Å². The van der Waals surface area contributed by atoms with Gasteiger partial charge in [-0.1, -0.05) is 12.1 Å². The third-order valence-electron chi connectivity index (χ3n) is 2.72. The number of methoxy groups -OCH3 is 1. The van der Waals surface area contributed by atoms with Crippen molar-refractivity contribution in [1.29, 1.82) is 0 Å². The minimum absolute atomic E-state index is 0.0620. The fourth-order valence-corrected chi connectivity index (χ4v) is 1.56. The number of benzene rings is 1. The third-order valence-corrected chi connectivity index (χ3v) is 2.72. The number of nitrogens with zero attached hydrogens (tertiary/aromatic N) is 1. The average molecular weight is 279 g/mol. The molecule has 1 aromatic rings. The maximum atomic E-state index is 12.1. The van der Waals surface area contributed by atoms with Gasteiger partial charge in [-0.25, -0.2) is 0 Å². The number of likely N-dealkylation sites (N-methyl/N-ethyl adjacent to an activating group) is 1. The first-order chi connectivity index (χ1) is 9.43. The van der Waals surface area contributed by atoms with E-state index in [1.165, 1.54) is 12.0 Å². The summed E-state index contributed by atoms with van der Waals surface area (Å²) >= 11 is 0. The molecule has 0 aromatic heterocycles. The van der Waals surface area contributed by atoms with Gasteiger partial charge < -0.3 is 14.4 Å². The highest BCUT2D eigenvalue weighted by molar-refractivity contribution is 5.95. The number of carbonyl (C=O) groups is 2.